The highest BCUT2D eigenvalue weighted by atomic mass is 32.2. The quantitative estimate of drug-likeness (QED) is 0.553. The first-order valence-electron chi connectivity index (χ1n) is 12.1. The van der Waals surface area contributed by atoms with Crippen LogP contribution in [-0.2, 0) is 27.7 Å². The number of hydrogen-bond donors (Lipinski definition) is 1. The number of sulfonamides is 1. The number of methoxy groups -OCH3 is 1. The van der Waals surface area contributed by atoms with Gasteiger partial charge >= 0.3 is 5.97 Å². The van der Waals surface area contributed by atoms with Crippen LogP contribution in [0.2, 0.25) is 0 Å². The Morgan fingerprint density at radius 1 is 1.17 bits per heavy atom. The number of benzene rings is 1. The van der Waals surface area contributed by atoms with E-state index in [9.17, 15) is 18.0 Å². The fraction of sp³-hybridized carbons (Fsp3) is 0.520. The number of nitrogens with zero attached hydrogens (tertiary/aromatic N) is 2. The molecule has 1 N–H and O–H groups in total. The van der Waals surface area contributed by atoms with Crippen LogP contribution in [-0.4, -0.2) is 62.3 Å². The minimum atomic E-state index is -3.61. The van der Waals surface area contributed by atoms with Gasteiger partial charge in [0.15, 0.2) is 0 Å². The van der Waals surface area contributed by atoms with Gasteiger partial charge in [-0.05, 0) is 69.0 Å². The van der Waals surface area contributed by atoms with E-state index in [2.05, 4.69) is 17.1 Å². The highest BCUT2D eigenvalue weighted by Gasteiger charge is 2.32. The van der Waals surface area contributed by atoms with Crippen molar-refractivity contribution in [2.24, 2.45) is 0 Å². The first-order valence-corrected chi connectivity index (χ1v) is 14.4. The van der Waals surface area contributed by atoms with Crippen molar-refractivity contribution in [3.63, 3.8) is 0 Å². The number of nitrogens with one attached hydrogen (secondary N) is 1. The molecule has 190 valence electrons. The van der Waals surface area contributed by atoms with E-state index in [0.29, 0.717) is 22.7 Å². The van der Waals surface area contributed by atoms with E-state index in [-0.39, 0.29) is 10.9 Å². The van der Waals surface area contributed by atoms with E-state index in [1.165, 1.54) is 42.7 Å². The number of ether oxygens (including phenoxy) is 1. The molecular formula is C25H33N3O5S2. The van der Waals surface area contributed by atoms with Gasteiger partial charge in [0.2, 0.25) is 10.0 Å². The van der Waals surface area contributed by atoms with Crippen LogP contribution >= 0.6 is 11.3 Å². The van der Waals surface area contributed by atoms with Gasteiger partial charge in [-0.2, -0.15) is 4.31 Å². The van der Waals surface area contributed by atoms with Gasteiger partial charge in [-0.3, -0.25) is 9.69 Å². The summed E-state index contributed by atoms with van der Waals surface area (Å²) >= 11 is 1.41. The molecule has 1 atom stereocenters. The smallest absolute Gasteiger partial charge is 0.341 e. The molecule has 2 aliphatic heterocycles. The van der Waals surface area contributed by atoms with Crippen molar-refractivity contribution in [2.75, 3.05) is 32.1 Å². The summed E-state index contributed by atoms with van der Waals surface area (Å²) in [7, 11) is -2.27. The summed E-state index contributed by atoms with van der Waals surface area (Å²) in [6.45, 7) is 7.17. The van der Waals surface area contributed by atoms with Crippen molar-refractivity contribution in [1.82, 2.24) is 9.21 Å². The zero-order chi connectivity index (χ0) is 25.2. The van der Waals surface area contributed by atoms with Crippen LogP contribution in [0.25, 0.3) is 0 Å². The Hall–Kier alpha value is -2.27. The maximum absolute atomic E-state index is 13.1. The number of amides is 1. The number of hydrogen-bond acceptors (Lipinski definition) is 7. The van der Waals surface area contributed by atoms with Crippen molar-refractivity contribution in [1.29, 1.82) is 0 Å². The van der Waals surface area contributed by atoms with Gasteiger partial charge in [0.1, 0.15) is 5.00 Å². The van der Waals surface area contributed by atoms with Crippen LogP contribution in [0.4, 0.5) is 5.00 Å². The molecule has 1 fully saturated rings. The van der Waals surface area contributed by atoms with Gasteiger partial charge in [-0.1, -0.05) is 13.3 Å². The lowest BCUT2D eigenvalue weighted by Gasteiger charge is -2.32. The molecule has 0 bridgehead atoms. The predicted octanol–water partition coefficient (Wildman–Crippen LogP) is 4.12. The van der Waals surface area contributed by atoms with Gasteiger partial charge < -0.3 is 10.1 Å². The third-order valence-electron chi connectivity index (χ3n) is 6.76. The number of fused-ring (bicyclic) bond motifs is 1. The molecule has 1 unspecified atom stereocenters. The monoisotopic (exact) mass is 519 g/mol. The average molecular weight is 520 g/mol. The minimum Gasteiger partial charge on any atom is -0.465 e. The Labute approximate surface area is 211 Å². The van der Waals surface area contributed by atoms with E-state index in [1.807, 2.05) is 6.92 Å². The third-order valence-corrected chi connectivity index (χ3v) is 9.92. The van der Waals surface area contributed by atoms with Crippen molar-refractivity contribution in [2.45, 2.75) is 63.4 Å². The molecule has 1 aromatic carbocycles. The van der Waals surface area contributed by atoms with E-state index in [1.54, 1.807) is 4.31 Å². The first-order chi connectivity index (χ1) is 16.8. The second-order valence-electron chi connectivity index (χ2n) is 9.16. The number of carbonyl (C=O) groups is 2. The van der Waals surface area contributed by atoms with Gasteiger partial charge in [0, 0.05) is 36.1 Å². The average Bonchev–Trinajstić information content (AvgIpc) is 3.21. The highest BCUT2D eigenvalue weighted by Crippen LogP contribution is 2.38. The molecule has 4 rings (SSSR count). The Balaban J connectivity index is 1.54. The molecule has 1 saturated heterocycles. The second-order valence-corrected chi connectivity index (χ2v) is 12.2. The van der Waals surface area contributed by atoms with Crippen molar-refractivity contribution >= 4 is 38.2 Å². The fourth-order valence-electron chi connectivity index (χ4n) is 4.89. The summed E-state index contributed by atoms with van der Waals surface area (Å²) in [5.41, 5.74) is 1.70. The van der Waals surface area contributed by atoms with Gasteiger partial charge in [0.25, 0.3) is 5.91 Å². The van der Waals surface area contributed by atoms with Crippen molar-refractivity contribution in [3.05, 3.63) is 45.8 Å². The van der Waals surface area contributed by atoms with E-state index in [4.69, 9.17) is 4.74 Å². The van der Waals surface area contributed by atoms with Crippen molar-refractivity contribution in [3.8, 4) is 0 Å². The van der Waals surface area contributed by atoms with Gasteiger partial charge in [-0.25, -0.2) is 13.2 Å². The fourth-order valence-corrected chi connectivity index (χ4v) is 7.86. The molecule has 2 aromatic rings. The maximum Gasteiger partial charge on any atom is 0.341 e. The number of thiophene rings is 1. The molecule has 0 aliphatic carbocycles. The van der Waals surface area contributed by atoms with Gasteiger partial charge in [0.05, 0.1) is 17.6 Å². The molecule has 1 amide bonds. The van der Waals surface area contributed by atoms with Gasteiger partial charge in [-0.15, -0.1) is 11.3 Å². The molecule has 10 heteroatoms. The molecule has 0 saturated carbocycles. The van der Waals surface area contributed by atoms with Crippen LogP contribution in [0.15, 0.2) is 29.2 Å². The molecule has 0 radical (unpaired) electrons. The third kappa shape index (κ3) is 5.30. The van der Waals surface area contributed by atoms with Crippen LogP contribution in [0.3, 0.4) is 0 Å². The van der Waals surface area contributed by atoms with E-state index in [0.717, 1.165) is 62.2 Å². The molecule has 2 aliphatic rings. The normalized spacial score (nSPS) is 19.2. The number of rotatable bonds is 7. The standard InChI is InChI=1S/C25H33N3O5S2/c1-4-13-27-15-12-20-21(16-27)34-24(22(20)25(30)33-3)26-23(29)18-8-10-19(11-9-18)35(31,32)28-14-6-5-7-17(28)2/h8-11,17H,4-7,12-16H2,1-3H3,(H,26,29). The largest absolute Gasteiger partial charge is 0.465 e. The number of anilines is 1. The molecule has 0 spiro atoms. The van der Waals surface area contributed by atoms with E-state index < -0.39 is 21.9 Å². The topological polar surface area (TPSA) is 96.0 Å². The summed E-state index contributed by atoms with van der Waals surface area (Å²) in [6.07, 6.45) is 4.52. The zero-order valence-electron chi connectivity index (χ0n) is 20.5. The Morgan fingerprint density at radius 3 is 2.57 bits per heavy atom. The second kappa shape index (κ2) is 10.8. The molecular weight excluding hydrogens is 486 g/mol. The van der Waals surface area contributed by atoms with Crippen LogP contribution in [0, 0.1) is 0 Å². The van der Waals surface area contributed by atoms with Crippen LogP contribution < -0.4 is 5.32 Å². The first kappa shape index (κ1) is 25.8. The SMILES string of the molecule is CCCN1CCc2c(sc(NC(=O)c3ccc(S(=O)(=O)N4CCCCC4C)cc3)c2C(=O)OC)C1. The number of piperidine rings is 1. The molecule has 35 heavy (non-hydrogen) atoms. The lowest BCUT2D eigenvalue weighted by molar-refractivity contribution is 0.0600. The van der Waals surface area contributed by atoms with Crippen LogP contribution in [0.1, 0.15) is 70.7 Å². The summed E-state index contributed by atoms with van der Waals surface area (Å²) in [5.74, 6) is -0.853. The zero-order valence-corrected chi connectivity index (χ0v) is 22.1. The van der Waals surface area contributed by atoms with E-state index >= 15 is 0 Å². The Morgan fingerprint density at radius 2 is 1.91 bits per heavy atom. The summed E-state index contributed by atoms with van der Waals surface area (Å²) < 4.78 is 32.7. The van der Waals surface area contributed by atoms with Crippen molar-refractivity contribution < 1.29 is 22.7 Å². The summed E-state index contributed by atoms with van der Waals surface area (Å²) in [5, 5.41) is 3.35. The lowest BCUT2D eigenvalue weighted by Crippen LogP contribution is -2.41. The lowest BCUT2D eigenvalue weighted by atomic mass is 10.0. The Bertz CT molecular complexity index is 1190. The summed E-state index contributed by atoms with van der Waals surface area (Å²) in [4.78, 5) is 29.2. The molecule has 8 nitrogen and oxygen atoms in total. The van der Waals surface area contributed by atoms with Crippen LogP contribution in [0.5, 0.6) is 0 Å². The predicted molar refractivity (Wildman–Crippen MR) is 137 cm³/mol. The number of carbonyl (C=O) groups excluding carboxylic acids is 2. The molecule has 1 aromatic heterocycles. The number of esters is 1. The Kier molecular flexibility index (Phi) is 7.95. The molecule has 3 heterocycles. The maximum atomic E-state index is 13.1. The highest BCUT2D eigenvalue weighted by molar-refractivity contribution is 7.89. The summed E-state index contributed by atoms with van der Waals surface area (Å²) in [6, 6.07) is 5.96. The minimum absolute atomic E-state index is 0.0356.